The van der Waals surface area contributed by atoms with E-state index in [1.807, 2.05) is 39.4 Å². The Bertz CT molecular complexity index is 1180. The number of nitrogens with zero attached hydrogens (tertiary/aromatic N) is 1. The molecule has 0 amide bonds. The van der Waals surface area contributed by atoms with Gasteiger partial charge >= 0.3 is 13.8 Å². The van der Waals surface area contributed by atoms with E-state index in [2.05, 4.69) is 50.3 Å². The van der Waals surface area contributed by atoms with Gasteiger partial charge in [-0.2, -0.15) is 0 Å². The maximum Gasteiger partial charge on any atom is 0.472 e. The van der Waals surface area contributed by atoms with Gasteiger partial charge in [-0.25, -0.2) is 4.57 Å². The van der Waals surface area contributed by atoms with Crippen molar-refractivity contribution in [1.29, 1.82) is 0 Å². The number of allylic oxidation sites excluding steroid dienone is 11. The molecule has 0 aliphatic carbocycles. The third-order valence-corrected chi connectivity index (χ3v) is 9.77. The van der Waals surface area contributed by atoms with Crippen molar-refractivity contribution in [3.05, 3.63) is 73.1 Å². The molecule has 0 aliphatic heterocycles. The largest absolute Gasteiger partial charge is 0.498 e. The Morgan fingerprint density at radius 1 is 0.625 bits per heavy atom. The summed E-state index contributed by atoms with van der Waals surface area (Å²) in [7, 11) is 1.47. The zero-order chi connectivity index (χ0) is 41.4. The number of ketones is 1. The highest BCUT2D eigenvalue weighted by molar-refractivity contribution is 7.47. The lowest BCUT2D eigenvalue weighted by Crippen LogP contribution is -2.37. The molecule has 2 atom stereocenters. The van der Waals surface area contributed by atoms with Crippen molar-refractivity contribution in [1.82, 2.24) is 0 Å². The molecular formula is C46H81NO8P+. The van der Waals surface area contributed by atoms with Crippen molar-refractivity contribution in [3.8, 4) is 0 Å². The van der Waals surface area contributed by atoms with Crippen molar-refractivity contribution in [3.63, 3.8) is 0 Å². The molecular weight excluding hydrogens is 725 g/mol. The number of hydrogen-bond donors (Lipinski definition) is 1. The van der Waals surface area contributed by atoms with Gasteiger partial charge in [-0.1, -0.05) is 126 Å². The normalized spacial score (nSPS) is 14.3. The number of phosphoric acid groups is 1. The van der Waals surface area contributed by atoms with E-state index in [1.165, 1.54) is 83.1 Å². The van der Waals surface area contributed by atoms with Gasteiger partial charge in [0.05, 0.1) is 34.0 Å². The molecule has 0 aromatic heterocycles. The Morgan fingerprint density at radius 2 is 1.16 bits per heavy atom. The van der Waals surface area contributed by atoms with Crippen molar-refractivity contribution < 1.29 is 42.1 Å². The standard InChI is InChI=1S/C46H80NO8P/c1-6-8-10-12-14-16-18-20-21-22-24-26-28-30-32-34-40-52-42-45(43-54-56(50,51)53-41-39-47(3,4)5)55-46(49)38-35-37-44(48)36-33-31-29-27-25-23-19-17-15-13-11-9-7-2/h15,17,20-21,23,25,29,31,33-34,36,40,45H,6-14,16,18-19,22,24,26-28,30,32,35,37-39,41-43H2,1-5H3/p+1/b17-15-,21-20-,25-23-,31-29-,36-33+,40-34+/t45-/m1/s1. The second-order valence-electron chi connectivity index (χ2n) is 15.5. The number of likely N-dealkylation sites (N-methyl/N-ethyl adjacent to an activating group) is 1. The summed E-state index contributed by atoms with van der Waals surface area (Å²) in [6, 6.07) is 0. The summed E-state index contributed by atoms with van der Waals surface area (Å²) in [5.74, 6) is -0.621. The highest BCUT2D eigenvalue weighted by Crippen LogP contribution is 2.43. The van der Waals surface area contributed by atoms with Crippen LogP contribution >= 0.6 is 7.82 Å². The maximum absolute atomic E-state index is 12.6. The number of esters is 1. The van der Waals surface area contributed by atoms with Crippen LogP contribution in [0.2, 0.25) is 0 Å². The van der Waals surface area contributed by atoms with Crippen molar-refractivity contribution in [2.24, 2.45) is 0 Å². The molecule has 0 heterocycles. The van der Waals surface area contributed by atoms with E-state index in [4.69, 9.17) is 18.5 Å². The summed E-state index contributed by atoms with van der Waals surface area (Å²) in [5, 5.41) is 0. The fraction of sp³-hybridized carbons (Fsp3) is 0.696. The number of ether oxygens (including phenoxy) is 2. The molecule has 1 N–H and O–H groups in total. The van der Waals surface area contributed by atoms with Crippen LogP contribution in [-0.2, 0) is 32.7 Å². The summed E-state index contributed by atoms with van der Waals surface area (Å²) in [6.45, 7) is 4.58. The van der Waals surface area contributed by atoms with Crippen LogP contribution in [0.15, 0.2) is 73.1 Å². The molecule has 9 nitrogen and oxygen atoms in total. The molecule has 0 bridgehead atoms. The topological polar surface area (TPSA) is 108 Å². The molecule has 0 radical (unpaired) electrons. The molecule has 1 unspecified atom stereocenters. The smallest absolute Gasteiger partial charge is 0.472 e. The van der Waals surface area contributed by atoms with Gasteiger partial charge < -0.3 is 18.9 Å². The predicted molar refractivity (Wildman–Crippen MR) is 233 cm³/mol. The molecule has 56 heavy (non-hydrogen) atoms. The highest BCUT2D eigenvalue weighted by atomic mass is 31.2. The monoisotopic (exact) mass is 807 g/mol. The van der Waals surface area contributed by atoms with Crippen LogP contribution in [0.1, 0.15) is 155 Å². The number of hydrogen-bond acceptors (Lipinski definition) is 7. The quantitative estimate of drug-likeness (QED) is 0.00956. The lowest BCUT2D eigenvalue weighted by molar-refractivity contribution is -0.870. The third-order valence-electron chi connectivity index (χ3n) is 8.78. The van der Waals surface area contributed by atoms with Crippen LogP contribution in [0, 0.1) is 0 Å². The molecule has 0 aromatic carbocycles. The fourth-order valence-electron chi connectivity index (χ4n) is 5.35. The minimum Gasteiger partial charge on any atom is -0.498 e. The lowest BCUT2D eigenvalue weighted by atomic mass is 10.1. The van der Waals surface area contributed by atoms with Gasteiger partial charge in [0, 0.05) is 12.8 Å². The van der Waals surface area contributed by atoms with E-state index in [1.54, 1.807) is 12.3 Å². The molecule has 10 heteroatoms. The Kier molecular flexibility index (Phi) is 36.3. The van der Waals surface area contributed by atoms with E-state index in [9.17, 15) is 19.0 Å². The molecule has 0 aromatic rings. The van der Waals surface area contributed by atoms with E-state index in [0.717, 1.165) is 44.9 Å². The summed E-state index contributed by atoms with van der Waals surface area (Å²) in [4.78, 5) is 35.1. The lowest BCUT2D eigenvalue weighted by Gasteiger charge is -2.24. The van der Waals surface area contributed by atoms with Gasteiger partial charge in [-0.3, -0.25) is 18.6 Å². The second kappa shape index (κ2) is 38.0. The number of quaternary nitrogens is 1. The Morgan fingerprint density at radius 3 is 1.80 bits per heavy atom. The van der Waals surface area contributed by atoms with Crippen LogP contribution < -0.4 is 0 Å². The van der Waals surface area contributed by atoms with Gasteiger partial charge in [-0.05, 0) is 82.8 Å². The van der Waals surface area contributed by atoms with Gasteiger partial charge in [0.1, 0.15) is 19.8 Å². The minimum atomic E-state index is -4.36. The van der Waals surface area contributed by atoms with Crippen molar-refractivity contribution in [2.45, 2.75) is 161 Å². The zero-order valence-electron chi connectivity index (χ0n) is 36.1. The SMILES string of the molecule is CCCCC/C=C\C/C=C\C/C=C\C=C\C(=O)CCCC(=O)O[C@H](CO/C=C/CCCCCC/C=C\CCCCCCCC)COP(=O)(O)OCC[N+](C)(C)C. The molecule has 0 aliphatic rings. The van der Waals surface area contributed by atoms with E-state index < -0.39 is 19.9 Å². The predicted octanol–water partition coefficient (Wildman–Crippen LogP) is 12.2. The van der Waals surface area contributed by atoms with Crippen LogP contribution in [0.5, 0.6) is 0 Å². The number of rotatable bonds is 39. The fourth-order valence-corrected chi connectivity index (χ4v) is 6.09. The first-order valence-corrected chi connectivity index (χ1v) is 23.2. The van der Waals surface area contributed by atoms with Gasteiger partial charge in [-0.15, -0.1) is 0 Å². The summed E-state index contributed by atoms with van der Waals surface area (Å²) < 4.78 is 34.4. The number of carbonyl (C=O) groups is 2. The van der Waals surface area contributed by atoms with Crippen molar-refractivity contribution in [2.75, 3.05) is 47.5 Å². The first-order chi connectivity index (χ1) is 27.0. The second-order valence-corrected chi connectivity index (χ2v) is 16.9. The molecule has 0 saturated heterocycles. The first-order valence-electron chi connectivity index (χ1n) is 21.7. The average molecular weight is 807 g/mol. The van der Waals surface area contributed by atoms with Crippen LogP contribution in [0.4, 0.5) is 0 Å². The zero-order valence-corrected chi connectivity index (χ0v) is 37.0. The summed E-state index contributed by atoms with van der Waals surface area (Å²) >= 11 is 0. The van der Waals surface area contributed by atoms with Crippen LogP contribution in [0.3, 0.4) is 0 Å². The number of unbranched alkanes of at least 4 members (excludes halogenated alkanes) is 14. The van der Waals surface area contributed by atoms with E-state index in [-0.39, 0.29) is 38.4 Å². The molecule has 0 saturated carbocycles. The maximum atomic E-state index is 12.6. The molecule has 322 valence electrons. The number of phosphoric ester groups is 1. The highest BCUT2D eigenvalue weighted by Gasteiger charge is 2.26. The number of carbonyl (C=O) groups excluding carboxylic acids is 2. The molecule has 0 fully saturated rings. The Labute approximate surface area is 342 Å². The van der Waals surface area contributed by atoms with Crippen LogP contribution in [0.25, 0.3) is 0 Å². The Balaban J connectivity index is 4.54. The summed E-state index contributed by atoms with van der Waals surface area (Å²) in [6.07, 6.45) is 46.0. The van der Waals surface area contributed by atoms with Crippen LogP contribution in [-0.4, -0.2) is 74.7 Å². The first kappa shape index (κ1) is 53.5. The molecule has 0 rings (SSSR count). The average Bonchev–Trinajstić information content (AvgIpc) is 3.14. The molecule has 0 spiro atoms. The van der Waals surface area contributed by atoms with Gasteiger partial charge in [0.25, 0.3) is 0 Å². The third kappa shape index (κ3) is 41.1. The van der Waals surface area contributed by atoms with E-state index in [0.29, 0.717) is 17.4 Å². The van der Waals surface area contributed by atoms with E-state index >= 15 is 0 Å². The van der Waals surface area contributed by atoms with Gasteiger partial charge in [0.15, 0.2) is 11.9 Å². The summed E-state index contributed by atoms with van der Waals surface area (Å²) in [5.41, 5.74) is 0. The van der Waals surface area contributed by atoms with Crippen molar-refractivity contribution >= 4 is 19.6 Å². The Hall–Kier alpha value is -2.55. The minimum absolute atomic E-state index is 0.0192. The van der Waals surface area contributed by atoms with Gasteiger partial charge in [0.2, 0.25) is 0 Å².